The number of hydrogen-bond acceptors (Lipinski definition) is 11. The van der Waals surface area contributed by atoms with Crippen molar-refractivity contribution >= 4 is 61.4 Å². The SMILES string of the molecule is COc1cc2c(cc1OC)N(C(=O)OCCSSc1ccc([N+](=O)[O-])cc1)[C@@H](O)[C@@H]1CC(c3ccc4ncccc4c3)=CN1C2=O. The fraction of sp³-hybridized carbons (Fsp3) is 0.219. The first-order valence-corrected chi connectivity index (χ1v) is 16.4. The minimum absolute atomic E-state index is 0.00464. The number of nitrogens with zero attached hydrogens (tertiary/aromatic N) is 4. The van der Waals surface area contributed by atoms with Crippen LogP contribution in [-0.4, -0.2) is 70.8 Å². The maximum Gasteiger partial charge on any atom is 0.416 e. The van der Waals surface area contributed by atoms with E-state index < -0.39 is 29.2 Å². The van der Waals surface area contributed by atoms with E-state index in [1.807, 2.05) is 30.3 Å². The normalized spacial score (nSPS) is 17.2. The minimum atomic E-state index is -1.45. The third-order valence-electron chi connectivity index (χ3n) is 7.68. The number of carbonyl (C=O) groups excluding carboxylic acids is 2. The van der Waals surface area contributed by atoms with Crippen LogP contribution in [0, 0.1) is 10.1 Å². The van der Waals surface area contributed by atoms with Gasteiger partial charge >= 0.3 is 6.09 Å². The minimum Gasteiger partial charge on any atom is -0.493 e. The maximum atomic E-state index is 14.0. The molecule has 46 heavy (non-hydrogen) atoms. The lowest BCUT2D eigenvalue weighted by Crippen LogP contribution is -2.50. The summed E-state index contributed by atoms with van der Waals surface area (Å²) in [6, 6.07) is 17.9. The molecular weight excluding hydrogens is 633 g/mol. The quantitative estimate of drug-likeness (QED) is 0.0958. The van der Waals surface area contributed by atoms with Crippen LogP contribution in [0.1, 0.15) is 22.3 Å². The Bertz CT molecular complexity index is 1850. The number of hydrogen-bond donors (Lipinski definition) is 1. The van der Waals surface area contributed by atoms with Crippen LogP contribution in [0.3, 0.4) is 0 Å². The van der Waals surface area contributed by atoms with Gasteiger partial charge in [0.1, 0.15) is 6.61 Å². The number of nitro benzene ring substituents is 1. The highest BCUT2D eigenvalue weighted by Crippen LogP contribution is 2.43. The Morgan fingerprint density at radius 2 is 1.85 bits per heavy atom. The van der Waals surface area contributed by atoms with Gasteiger partial charge in [0.2, 0.25) is 0 Å². The van der Waals surface area contributed by atoms with Crippen LogP contribution in [0.2, 0.25) is 0 Å². The molecule has 2 atom stereocenters. The summed E-state index contributed by atoms with van der Waals surface area (Å²) >= 11 is 0. The summed E-state index contributed by atoms with van der Waals surface area (Å²) in [5.74, 6) is 0.550. The zero-order valence-electron chi connectivity index (χ0n) is 24.7. The molecule has 0 fully saturated rings. The molecule has 0 spiro atoms. The molecule has 3 heterocycles. The average molecular weight is 661 g/mol. The van der Waals surface area contributed by atoms with Crippen LogP contribution in [-0.2, 0) is 4.74 Å². The smallest absolute Gasteiger partial charge is 0.416 e. The van der Waals surface area contributed by atoms with E-state index in [0.717, 1.165) is 31.8 Å². The number of nitro groups is 1. The lowest BCUT2D eigenvalue weighted by atomic mass is 9.99. The Labute approximate surface area is 271 Å². The Morgan fingerprint density at radius 3 is 2.59 bits per heavy atom. The second kappa shape index (κ2) is 13.3. The first kappa shape index (κ1) is 31.2. The third kappa shape index (κ3) is 6.06. The fourth-order valence-electron chi connectivity index (χ4n) is 5.43. The summed E-state index contributed by atoms with van der Waals surface area (Å²) in [5.41, 5.74) is 2.81. The van der Waals surface area contributed by atoms with E-state index in [1.54, 1.807) is 24.5 Å². The number of rotatable bonds is 9. The van der Waals surface area contributed by atoms with Gasteiger partial charge < -0.3 is 24.2 Å². The molecule has 1 aromatic heterocycles. The second-order valence-electron chi connectivity index (χ2n) is 10.3. The van der Waals surface area contributed by atoms with E-state index in [9.17, 15) is 24.8 Å². The Balaban J connectivity index is 1.24. The molecule has 3 aromatic carbocycles. The van der Waals surface area contributed by atoms with Gasteiger partial charge in [0.05, 0.1) is 42.0 Å². The summed E-state index contributed by atoms with van der Waals surface area (Å²) in [5, 5.41) is 23.6. The molecule has 236 valence electrons. The van der Waals surface area contributed by atoms with Crippen molar-refractivity contribution in [3.05, 3.63) is 100 Å². The van der Waals surface area contributed by atoms with Gasteiger partial charge in [0, 0.05) is 46.6 Å². The lowest BCUT2D eigenvalue weighted by molar-refractivity contribution is -0.384. The van der Waals surface area contributed by atoms with Gasteiger partial charge in [-0.15, -0.1) is 0 Å². The highest BCUT2D eigenvalue weighted by Gasteiger charge is 2.45. The van der Waals surface area contributed by atoms with Gasteiger partial charge in [-0.05, 0) is 54.0 Å². The van der Waals surface area contributed by atoms with Crippen molar-refractivity contribution in [3.63, 3.8) is 0 Å². The largest absolute Gasteiger partial charge is 0.493 e. The van der Waals surface area contributed by atoms with Gasteiger partial charge in [-0.1, -0.05) is 33.7 Å². The monoisotopic (exact) mass is 660 g/mol. The predicted octanol–water partition coefficient (Wildman–Crippen LogP) is 6.13. The highest BCUT2D eigenvalue weighted by molar-refractivity contribution is 8.76. The third-order valence-corrected chi connectivity index (χ3v) is 10.0. The molecule has 6 rings (SSSR count). The van der Waals surface area contributed by atoms with Crippen molar-refractivity contribution in [2.24, 2.45) is 0 Å². The van der Waals surface area contributed by atoms with Gasteiger partial charge in [0.15, 0.2) is 17.7 Å². The molecule has 2 aliphatic rings. The van der Waals surface area contributed by atoms with Crippen molar-refractivity contribution in [1.29, 1.82) is 0 Å². The number of pyridine rings is 1. The molecule has 4 aromatic rings. The Morgan fingerprint density at radius 1 is 1.09 bits per heavy atom. The van der Waals surface area contributed by atoms with Crippen molar-refractivity contribution in [1.82, 2.24) is 9.88 Å². The van der Waals surface area contributed by atoms with Gasteiger partial charge in [-0.3, -0.25) is 19.9 Å². The standard InChI is InChI=1S/C32H28N4O8S2/c1-42-28-16-24-26(17-29(28)43-2)35(32(39)44-12-13-45-46-23-8-6-22(7-9-23)36(40)41)31(38)27-15-21(18-34(27)30(24)37)19-5-10-25-20(14-19)4-3-11-33-25/h3-11,14,16-18,27,31,38H,12-13,15H2,1-2H3/t27-,31-/m0/s1. The van der Waals surface area contributed by atoms with E-state index in [0.29, 0.717) is 11.5 Å². The van der Waals surface area contributed by atoms with Crippen molar-refractivity contribution in [2.75, 3.05) is 31.5 Å². The van der Waals surface area contributed by atoms with Crippen LogP contribution in [0.4, 0.5) is 16.2 Å². The number of amides is 2. The van der Waals surface area contributed by atoms with Crippen molar-refractivity contribution in [2.45, 2.75) is 23.6 Å². The molecule has 0 saturated carbocycles. The highest BCUT2D eigenvalue weighted by atomic mass is 33.1. The summed E-state index contributed by atoms with van der Waals surface area (Å²) in [7, 11) is 5.68. The molecule has 14 heteroatoms. The molecule has 0 bridgehead atoms. The van der Waals surface area contributed by atoms with Gasteiger partial charge in [-0.25, -0.2) is 9.69 Å². The molecule has 1 N–H and O–H groups in total. The van der Waals surface area contributed by atoms with E-state index >= 15 is 0 Å². The molecular formula is C32H28N4O8S2. The number of non-ortho nitro benzene ring substituents is 1. The van der Waals surface area contributed by atoms with E-state index in [4.69, 9.17) is 14.2 Å². The van der Waals surface area contributed by atoms with Gasteiger partial charge in [-0.2, -0.15) is 0 Å². The number of ether oxygens (including phenoxy) is 3. The Kier molecular flexibility index (Phi) is 9.01. The van der Waals surface area contributed by atoms with E-state index in [2.05, 4.69) is 4.98 Å². The maximum absolute atomic E-state index is 14.0. The van der Waals surface area contributed by atoms with E-state index in [-0.39, 0.29) is 35.7 Å². The van der Waals surface area contributed by atoms with Crippen molar-refractivity contribution in [3.8, 4) is 11.5 Å². The van der Waals surface area contributed by atoms with Crippen LogP contribution in [0.5, 0.6) is 11.5 Å². The van der Waals surface area contributed by atoms with Gasteiger partial charge in [0.25, 0.3) is 11.6 Å². The number of anilines is 1. The summed E-state index contributed by atoms with van der Waals surface area (Å²) in [6.07, 6.45) is 1.44. The number of aromatic nitrogens is 1. The van der Waals surface area contributed by atoms with Crippen LogP contribution in [0.25, 0.3) is 16.5 Å². The van der Waals surface area contributed by atoms with Crippen LogP contribution in [0.15, 0.2) is 84.0 Å². The van der Waals surface area contributed by atoms with Crippen LogP contribution >= 0.6 is 21.6 Å². The number of carbonyl (C=O) groups is 2. The molecule has 0 radical (unpaired) electrons. The zero-order valence-corrected chi connectivity index (χ0v) is 26.3. The van der Waals surface area contributed by atoms with Crippen molar-refractivity contribution < 1.29 is 33.8 Å². The number of fused-ring (bicyclic) bond motifs is 3. The Hall–Kier alpha value is -4.79. The fourth-order valence-corrected chi connectivity index (χ4v) is 7.24. The summed E-state index contributed by atoms with van der Waals surface area (Å²) in [6.45, 7) is 0.00623. The van der Waals surface area contributed by atoms with Crippen LogP contribution < -0.4 is 14.4 Å². The second-order valence-corrected chi connectivity index (χ2v) is 12.8. The zero-order chi connectivity index (χ0) is 32.4. The first-order valence-electron chi connectivity index (χ1n) is 14.1. The number of aliphatic hydroxyl groups is 1. The van der Waals surface area contributed by atoms with E-state index in [1.165, 1.54) is 65.0 Å². The number of aliphatic hydroxyl groups excluding tert-OH is 1. The number of methoxy groups -OCH3 is 2. The average Bonchev–Trinajstić information content (AvgIpc) is 3.50. The molecule has 12 nitrogen and oxygen atoms in total. The summed E-state index contributed by atoms with van der Waals surface area (Å²) in [4.78, 5) is 45.8. The molecule has 0 aliphatic carbocycles. The molecule has 2 amide bonds. The molecule has 0 saturated heterocycles. The lowest BCUT2D eigenvalue weighted by Gasteiger charge is -2.31. The molecule has 0 unspecified atom stereocenters. The summed E-state index contributed by atoms with van der Waals surface area (Å²) < 4.78 is 16.5. The topological polar surface area (TPSA) is 145 Å². The molecule has 2 aliphatic heterocycles. The number of benzene rings is 3. The predicted molar refractivity (Wildman–Crippen MR) is 175 cm³/mol. The first-order chi connectivity index (χ1) is 22.3.